The zero-order valence-electron chi connectivity index (χ0n) is 9.97. The van der Waals surface area contributed by atoms with Crippen molar-refractivity contribution in [3.63, 3.8) is 0 Å². The van der Waals surface area contributed by atoms with Crippen molar-refractivity contribution in [3.05, 3.63) is 28.8 Å². The highest BCUT2D eigenvalue weighted by Gasteiger charge is 2.20. The second-order valence-electron chi connectivity index (χ2n) is 3.73. The van der Waals surface area contributed by atoms with Crippen LogP contribution < -0.4 is 4.72 Å². The lowest BCUT2D eigenvalue weighted by molar-refractivity contribution is 0.571. The molecule has 0 aliphatic rings. The lowest BCUT2D eigenvalue weighted by Gasteiger charge is -2.13. The van der Waals surface area contributed by atoms with E-state index in [0.717, 1.165) is 0 Å². The van der Waals surface area contributed by atoms with E-state index in [1.165, 1.54) is 18.2 Å². The van der Waals surface area contributed by atoms with Gasteiger partial charge < -0.3 is 0 Å². The molecule has 0 aliphatic carbocycles. The number of halogens is 1. The Hall–Kier alpha value is -0.740. The van der Waals surface area contributed by atoms with E-state index in [0.29, 0.717) is 5.75 Å². The molecule has 0 spiro atoms. The maximum absolute atomic E-state index is 12.1. The highest BCUT2D eigenvalue weighted by atomic mass is 35.5. The number of thioether (sulfide) groups is 1. The molecule has 1 aromatic rings. The van der Waals surface area contributed by atoms with Gasteiger partial charge in [-0.25, -0.2) is 13.1 Å². The Morgan fingerprint density at radius 1 is 1.56 bits per heavy atom. The van der Waals surface area contributed by atoms with Crippen LogP contribution in [0.3, 0.4) is 0 Å². The van der Waals surface area contributed by atoms with Crippen molar-refractivity contribution >= 4 is 33.4 Å². The lowest BCUT2D eigenvalue weighted by Crippen LogP contribution is -2.34. The molecule has 0 bridgehead atoms. The van der Waals surface area contributed by atoms with Gasteiger partial charge in [0.2, 0.25) is 10.0 Å². The number of benzene rings is 1. The molecule has 1 atom stereocenters. The summed E-state index contributed by atoms with van der Waals surface area (Å²) in [6.45, 7) is 1.77. The Morgan fingerprint density at radius 3 is 2.78 bits per heavy atom. The minimum Gasteiger partial charge on any atom is -0.207 e. The molecular formula is C11H13ClN2O2S2. The van der Waals surface area contributed by atoms with Crippen LogP contribution in [-0.4, -0.2) is 26.5 Å². The van der Waals surface area contributed by atoms with Crippen LogP contribution in [0, 0.1) is 11.3 Å². The molecule has 1 N–H and O–H groups in total. The first-order valence-electron chi connectivity index (χ1n) is 5.11. The fraction of sp³-hybridized carbons (Fsp3) is 0.364. The van der Waals surface area contributed by atoms with Crippen molar-refractivity contribution in [2.75, 3.05) is 12.0 Å². The summed E-state index contributed by atoms with van der Waals surface area (Å²) in [5.74, 6) is 0.661. The Bertz CT molecular complexity index is 567. The minimum atomic E-state index is -3.69. The molecule has 1 aromatic carbocycles. The summed E-state index contributed by atoms with van der Waals surface area (Å²) in [6, 6.07) is 5.85. The van der Waals surface area contributed by atoms with Crippen molar-refractivity contribution in [1.29, 1.82) is 5.26 Å². The second kappa shape index (κ2) is 6.43. The molecule has 0 radical (unpaired) electrons. The first-order valence-corrected chi connectivity index (χ1v) is 8.37. The SMILES string of the molecule is CSCC(C)NS(=O)(=O)c1cc(C#N)ccc1Cl. The smallest absolute Gasteiger partial charge is 0.207 e. The summed E-state index contributed by atoms with van der Waals surface area (Å²) < 4.78 is 26.7. The summed E-state index contributed by atoms with van der Waals surface area (Å²) in [5, 5.41) is 8.88. The molecule has 0 fully saturated rings. The van der Waals surface area contributed by atoms with Gasteiger partial charge in [0, 0.05) is 11.8 Å². The van der Waals surface area contributed by atoms with Gasteiger partial charge in [-0.2, -0.15) is 17.0 Å². The molecule has 1 rings (SSSR count). The van der Waals surface area contributed by atoms with Crippen molar-refractivity contribution < 1.29 is 8.42 Å². The Labute approximate surface area is 116 Å². The third-order valence-corrected chi connectivity index (χ3v) is 5.03. The van der Waals surface area contributed by atoms with Gasteiger partial charge in [0.15, 0.2) is 0 Å². The van der Waals surface area contributed by atoms with E-state index < -0.39 is 10.0 Å². The molecule has 0 saturated carbocycles. The van der Waals surface area contributed by atoms with Crippen molar-refractivity contribution in [2.24, 2.45) is 0 Å². The fourth-order valence-corrected chi connectivity index (χ4v) is 3.85. The van der Waals surface area contributed by atoms with Crippen LogP contribution in [0.5, 0.6) is 0 Å². The number of nitrogens with zero attached hydrogens (tertiary/aromatic N) is 1. The molecule has 0 heterocycles. The van der Waals surface area contributed by atoms with E-state index in [2.05, 4.69) is 4.72 Å². The van der Waals surface area contributed by atoms with E-state index in [1.807, 2.05) is 12.3 Å². The van der Waals surface area contributed by atoms with Gasteiger partial charge in [-0.05, 0) is 31.4 Å². The Kier molecular flexibility index (Phi) is 5.47. The zero-order valence-corrected chi connectivity index (χ0v) is 12.4. The summed E-state index contributed by atoms with van der Waals surface area (Å²) in [5.41, 5.74) is 0.261. The Morgan fingerprint density at radius 2 is 2.22 bits per heavy atom. The standard InChI is InChI=1S/C11H13ClN2O2S2/c1-8(7-17-2)14-18(15,16)11-5-9(6-13)3-4-10(11)12/h3-5,8,14H,7H2,1-2H3. The average molecular weight is 305 g/mol. The fourth-order valence-electron chi connectivity index (χ4n) is 1.39. The molecule has 4 nitrogen and oxygen atoms in total. The number of sulfonamides is 1. The van der Waals surface area contributed by atoms with Gasteiger partial charge in [0.05, 0.1) is 16.7 Å². The normalized spacial score (nSPS) is 13.0. The molecule has 0 aliphatic heterocycles. The summed E-state index contributed by atoms with van der Waals surface area (Å²) in [4.78, 5) is -0.0591. The van der Waals surface area contributed by atoms with Crippen LogP contribution in [0.1, 0.15) is 12.5 Å². The van der Waals surface area contributed by atoms with E-state index in [1.54, 1.807) is 18.7 Å². The van der Waals surface area contributed by atoms with E-state index in [-0.39, 0.29) is 21.5 Å². The monoisotopic (exact) mass is 304 g/mol. The number of nitriles is 1. The molecule has 7 heteroatoms. The second-order valence-corrected chi connectivity index (χ2v) is 6.73. The maximum Gasteiger partial charge on any atom is 0.242 e. The number of hydrogen-bond donors (Lipinski definition) is 1. The van der Waals surface area contributed by atoms with E-state index in [9.17, 15) is 8.42 Å². The van der Waals surface area contributed by atoms with Gasteiger partial charge in [0.25, 0.3) is 0 Å². The van der Waals surface area contributed by atoms with Gasteiger partial charge >= 0.3 is 0 Å². The first kappa shape index (κ1) is 15.3. The molecule has 0 amide bonds. The third-order valence-electron chi connectivity index (χ3n) is 2.12. The molecule has 0 saturated heterocycles. The van der Waals surface area contributed by atoms with Crippen LogP contribution in [0.15, 0.2) is 23.1 Å². The highest BCUT2D eigenvalue weighted by molar-refractivity contribution is 7.98. The van der Waals surface area contributed by atoms with Crippen molar-refractivity contribution in [2.45, 2.75) is 17.9 Å². The van der Waals surface area contributed by atoms with Crippen LogP contribution in [0.25, 0.3) is 0 Å². The zero-order chi connectivity index (χ0) is 13.8. The third kappa shape index (κ3) is 3.89. The number of rotatable bonds is 5. The average Bonchev–Trinajstić information content (AvgIpc) is 2.29. The van der Waals surface area contributed by atoms with Gasteiger partial charge in [-0.15, -0.1) is 0 Å². The van der Waals surface area contributed by atoms with E-state index in [4.69, 9.17) is 16.9 Å². The molecule has 0 aromatic heterocycles. The maximum atomic E-state index is 12.1. The predicted octanol–water partition coefficient (Wildman–Crippen LogP) is 2.24. The summed E-state index contributed by atoms with van der Waals surface area (Å²) in [6.07, 6.45) is 1.90. The summed E-state index contributed by atoms with van der Waals surface area (Å²) in [7, 11) is -3.69. The van der Waals surface area contributed by atoms with E-state index >= 15 is 0 Å². The topological polar surface area (TPSA) is 70.0 Å². The van der Waals surface area contributed by atoms with Crippen molar-refractivity contribution in [3.8, 4) is 6.07 Å². The largest absolute Gasteiger partial charge is 0.242 e. The van der Waals surface area contributed by atoms with Gasteiger partial charge in [-0.1, -0.05) is 11.6 Å². The molecule has 98 valence electrons. The molecule has 18 heavy (non-hydrogen) atoms. The number of hydrogen-bond acceptors (Lipinski definition) is 4. The van der Waals surface area contributed by atoms with Crippen LogP contribution in [0.4, 0.5) is 0 Å². The van der Waals surface area contributed by atoms with Crippen LogP contribution >= 0.6 is 23.4 Å². The molecule has 1 unspecified atom stereocenters. The van der Waals surface area contributed by atoms with Crippen LogP contribution in [0.2, 0.25) is 5.02 Å². The van der Waals surface area contributed by atoms with Gasteiger partial charge in [0.1, 0.15) is 4.90 Å². The highest BCUT2D eigenvalue weighted by Crippen LogP contribution is 2.22. The van der Waals surface area contributed by atoms with Crippen LogP contribution in [-0.2, 0) is 10.0 Å². The van der Waals surface area contributed by atoms with Gasteiger partial charge in [-0.3, -0.25) is 0 Å². The van der Waals surface area contributed by atoms with Crippen molar-refractivity contribution in [1.82, 2.24) is 4.72 Å². The first-order chi connectivity index (χ1) is 8.40. The summed E-state index contributed by atoms with van der Waals surface area (Å²) >= 11 is 7.41. The lowest BCUT2D eigenvalue weighted by atomic mass is 10.2. The quantitative estimate of drug-likeness (QED) is 0.905. The molecular weight excluding hydrogens is 292 g/mol. The number of nitrogens with one attached hydrogen (secondary N) is 1. The minimum absolute atomic E-state index is 0.0591. The predicted molar refractivity (Wildman–Crippen MR) is 74.3 cm³/mol. The Balaban J connectivity index is 3.09.